The van der Waals surface area contributed by atoms with Crippen LogP contribution in [-0.4, -0.2) is 30.7 Å². The minimum Gasteiger partial charge on any atom is -0.363 e. The Morgan fingerprint density at radius 2 is 2.10 bits per heavy atom. The number of rotatable bonds is 4. The molecule has 0 N–H and O–H groups in total. The topological polar surface area (TPSA) is 89.8 Å². The second-order valence-corrected chi connectivity index (χ2v) is 6.41. The summed E-state index contributed by atoms with van der Waals surface area (Å²) >= 11 is 0. The summed E-state index contributed by atoms with van der Waals surface area (Å²) in [5.74, 6) is 0.00334. The van der Waals surface area contributed by atoms with Gasteiger partial charge in [0.05, 0.1) is 4.92 Å². The summed E-state index contributed by atoms with van der Waals surface area (Å²) in [6.07, 6.45) is 1.73. The van der Waals surface area contributed by atoms with Gasteiger partial charge in [0.2, 0.25) is 5.75 Å². The molecule has 8 heteroatoms. The number of hydrogen-bond donors (Lipinski definition) is 0. The lowest BCUT2D eigenvalue weighted by Crippen LogP contribution is -2.41. The standard InChI is InChI=1S/C12H16N2O5S/c1-10-5-4-8-13(9-10)20(17,18)19-12-7-3-2-6-11(12)14(15)16/h2-3,6-7,10H,4-5,8-9H2,1H3/t10-/m1/s1. The minimum atomic E-state index is -4.00. The Hall–Kier alpha value is -1.67. The van der Waals surface area contributed by atoms with Gasteiger partial charge in [0.15, 0.2) is 0 Å². The average Bonchev–Trinajstić information content (AvgIpc) is 2.38. The third kappa shape index (κ3) is 3.26. The molecule has 0 spiro atoms. The number of piperidine rings is 1. The molecular formula is C12H16N2O5S. The SMILES string of the molecule is C[C@@H]1CCCN(S(=O)(=O)Oc2ccccc2[N+](=O)[O-])C1. The lowest BCUT2D eigenvalue weighted by Gasteiger charge is -2.29. The van der Waals surface area contributed by atoms with E-state index in [2.05, 4.69) is 0 Å². The van der Waals surface area contributed by atoms with Crippen molar-refractivity contribution in [1.29, 1.82) is 0 Å². The maximum atomic E-state index is 12.2. The van der Waals surface area contributed by atoms with E-state index in [1.54, 1.807) is 0 Å². The fraction of sp³-hybridized carbons (Fsp3) is 0.500. The predicted molar refractivity (Wildman–Crippen MR) is 72.6 cm³/mol. The Morgan fingerprint density at radius 1 is 1.40 bits per heavy atom. The zero-order valence-corrected chi connectivity index (χ0v) is 11.9. The maximum Gasteiger partial charge on any atom is 0.385 e. The Balaban J connectivity index is 2.22. The zero-order chi connectivity index (χ0) is 14.8. The Labute approximate surface area is 117 Å². The molecule has 0 radical (unpaired) electrons. The molecule has 0 aliphatic carbocycles. The molecular weight excluding hydrogens is 284 g/mol. The molecule has 0 bridgehead atoms. The van der Waals surface area contributed by atoms with Crippen LogP contribution in [0.4, 0.5) is 5.69 Å². The van der Waals surface area contributed by atoms with Gasteiger partial charge in [-0.1, -0.05) is 19.1 Å². The van der Waals surface area contributed by atoms with E-state index in [1.165, 1.54) is 28.6 Å². The molecule has 1 atom stereocenters. The van der Waals surface area contributed by atoms with Gasteiger partial charge in [0, 0.05) is 19.2 Å². The lowest BCUT2D eigenvalue weighted by atomic mass is 10.0. The van der Waals surface area contributed by atoms with E-state index in [1.807, 2.05) is 6.92 Å². The predicted octanol–water partition coefficient (Wildman–Crippen LogP) is 1.95. The van der Waals surface area contributed by atoms with Crippen molar-refractivity contribution < 1.29 is 17.5 Å². The summed E-state index contributed by atoms with van der Waals surface area (Å²) in [5.41, 5.74) is -0.360. The normalized spacial score (nSPS) is 20.6. The quantitative estimate of drug-likeness (QED) is 0.626. The molecule has 0 aromatic heterocycles. The van der Waals surface area contributed by atoms with Crippen molar-refractivity contribution in [3.8, 4) is 5.75 Å². The van der Waals surface area contributed by atoms with Crippen LogP contribution in [0.25, 0.3) is 0 Å². The van der Waals surface area contributed by atoms with Gasteiger partial charge in [-0.15, -0.1) is 0 Å². The first-order valence-electron chi connectivity index (χ1n) is 6.33. The molecule has 0 unspecified atom stereocenters. The highest BCUT2D eigenvalue weighted by molar-refractivity contribution is 7.84. The molecule has 1 saturated heterocycles. The molecule has 1 aromatic carbocycles. The molecule has 1 aromatic rings. The van der Waals surface area contributed by atoms with Gasteiger partial charge in [-0.05, 0) is 24.8 Å². The first kappa shape index (κ1) is 14.7. The molecule has 0 amide bonds. The van der Waals surface area contributed by atoms with E-state index in [0.717, 1.165) is 12.8 Å². The molecule has 7 nitrogen and oxygen atoms in total. The summed E-state index contributed by atoms with van der Waals surface area (Å²) in [4.78, 5) is 10.2. The van der Waals surface area contributed by atoms with Crippen molar-refractivity contribution >= 4 is 16.0 Å². The molecule has 20 heavy (non-hydrogen) atoms. The molecule has 1 aliphatic heterocycles. The summed E-state index contributed by atoms with van der Waals surface area (Å²) in [5, 5.41) is 10.9. The van der Waals surface area contributed by atoms with Crippen LogP contribution in [0.15, 0.2) is 24.3 Å². The van der Waals surface area contributed by atoms with E-state index in [0.29, 0.717) is 13.1 Å². The Bertz CT molecular complexity index is 602. The van der Waals surface area contributed by atoms with Crippen molar-refractivity contribution in [3.05, 3.63) is 34.4 Å². The number of para-hydroxylation sites is 2. The van der Waals surface area contributed by atoms with E-state index in [-0.39, 0.29) is 17.4 Å². The summed E-state index contributed by atoms with van der Waals surface area (Å²) in [6, 6.07) is 5.45. The number of hydrogen-bond acceptors (Lipinski definition) is 5. The second-order valence-electron chi connectivity index (χ2n) is 4.87. The van der Waals surface area contributed by atoms with Gasteiger partial charge >= 0.3 is 16.0 Å². The van der Waals surface area contributed by atoms with Crippen LogP contribution in [-0.2, 0) is 10.3 Å². The zero-order valence-electron chi connectivity index (χ0n) is 11.1. The van der Waals surface area contributed by atoms with Crippen LogP contribution in [0.1, 0.15) is 19.8 Å². The fourth-order valence-electron chi connectivity index (χ4n) is 2.19. The highest BCUT2D eigenvalue weighted by Gasteiger charge is 2.30. The Kier molecular flexibility index (Phi) is 4.24. The van der Waals surface area contributed by atoms with Crippen LogP contribution in [0.5, 0.6) is 5.75 Å². The van der Waals surface area contributed by atoms with E-state index in [9.17, 15) is 18.5 Å². The lowest BCUT2D eigenvalue weighted by molar-refractivity contribution is -0.385. The number of benzene rings is 1. The van der Waals surface area contributed by atoms with Gasteiger partial charge in [0.25, 0.3) is 0 Å². The van der Waals surface area contributed by atoms with Crippen molar-refractivity contribution in [2.75, 3.05) is 13.1 Å². The van der Waals surface area contributed by atoms with Crippen LogP contribution in [0.2, 0.25) is 0 Å². The average molecular weight is 300 g/mol. The summed E-state index contributed by atoms with van der Waals surface area (Å²) < 4.78 is 30.5. The molecule has 1 fully saturated rings. The van der Waals surface area contributed by atoms with Crippen LogP contribution in [0, 0.1) is 16.0 Å². The maximum absolute atomic E-state index is 12.2. The molecule has 1 heterocycles. The minimum absolute atomic E-state index is 0.254. The van der Waals surface area contributed by atoms with E-state index in [4.69, 9.17) is 4.18 Å². The summed E-state index contributed by atoms with van der Waals surface area (Å²) in [7, 11) is -4.00. The third-order valence-electron chi connectivity index (χ3n) is 3.19. The monoisotopic (exact) mass is 300 g/mol. The van der Waals surface area contributed by atoms with Gasteiger partial charge in [-0.3, -0.25) is 10.1 Å². The van der Waals surface area contributed by atoms with Crippen molar-refractivity contribution in [2.45, 2.75) is 19.8 Å². The Morgan fingerprint density at radius 3 is 2.75 bits per heavy atom. The van der Waals surface area contributed by atoms with Crippen molar-refractivity contribution in [1.82, 2.24) is 4.31 Å². The van der Waals surface area contributed by atoms with Crippen LogP contribution in [0.3, 0.4) is 0 Å². The highest BCUT2D eigenvalue weighted by Crippen LogP contribution is 2.29. The third-order valence-corrected chi connectivity index (χ3v) is 4.55. The highest BCUT2D eigenvalue weighted by atomic mass is 32.2. The first-order chi connectivity index (χ1) is 9.40. The van der Waals surface area contributed by atoms with E-state index < -0.39 is 15.2 Å². The van der Waals surface area contributed by atoms with Crippen LogP contribution >= 0.6 is 0 Å². The molecule has 1 aliphatic rings. The number of nitro benzene ring substituents is 1. The summed E-state index contributed by atoms with van der Waals surface area (Å²) in [6.45, 7) is 2.73. The first-order valence-corrected chi connectivity index (χ1v) is 7.69. The van der Waals surface area contributed by atoms with Gasteiger partial charge in [-0.25, -0.2) is 0 Å². The molecule has 110 valence electrons. The second kappa shape index (κ2) is 5.76. The van der Waals surface area contributed by atoms with Crippen molar-refractivity contribution in [2.24, 2.45) is 5.92 Å². The van der Waals surface area contributed by atoms with Gasteiger partial charge in [0.1, 0.15) is 0 Å². The van der Waals surface area contributed by atoms with E-state index >= 15 is 0 Å². The van der Waals surface area contributed by atoms with Gasteiger partial charge < -0.3 is 4.18 Å². The fourth-order valence-corrected chi connectivity index (χ4v) is 3.46. The van der Waals surface area contributed by atoms with Crippen molar-refractivity contribution in [3.63, 3.8) is 0 Å². The number of nitrogens with zero attached hydrogens (tertiary/aromatic N) is 2. The number of nitro groups is 1. The van der Waals surface area contributed by atoms with Gasteiger partial charge in [-0.2, -0.15) is 12.7 Å². The molecule has 2 rings (SSSR count). The largest absolute Gasteiger partial charge is 0.385 e. The smallest absolute Gasteiger partial charge is 0.363 e. The van der Waals surface area contributed by atoms with Crippen LogP contribution < -0.4 is 4.18 Å². The molecule has 0 saturated carbocycles.